The second-order valence-corrected chi connectivity index (χ2v) is 4.38. The number of nitrogens with zero attached hydrogens (tertiary/aromatic N) is 1. The molecule has 4 heteroatoms. The maximum atomic E-state index is 12.0. The summed E-state index contributed by atoms with van der Waals surface area (Å²) in [4.78, 5) is 25.2. The van der Waals surface area contributed by atoms with Gasteiger partial charge < -0.3 is 5.11 Å². The van der Waals surface area contributed by atoms with E-state index in [1.165, 1.54) is 4.90 Å². The molecule has 1 unspecified atom stereocenters. The minimum absolute atomic E-state index is 0.0737. The van der Waals surface area contributed by atoms with Crippen molar-refractivity contribution in [1.82, 2.24) is 4.90 Å². The van der Waals surface area contributed by atoms with E-state index in [2.05, 4.69) is 0 Å². The highest BCUT2D eigenvalue weighted by atomic mass is 16.3. The fourth-order valence-corrected chi connectivity index (χ4v) is 2.03. The van der Waals surface area contributed by atoms with Crippen LogP contribution in [0, 0.1) is 5.92 Å². The van der Waals surface area contributed by atoms with Crippen molar-refractivity contribution in [3.8, 4) is 0 Å². The van der Waals surface area contributed by atoms with Crippen molar-refractivity contribution in [2.24, 2.45) is 5.92 Å². The zero-order valence-electron chi connectivity index (χ0n) is 9.72. The number of carbonyl (C=O) groups excluding carboxylic acids is 2. The fraction of sp³-hybridized carbons (Fsp3) is 0.385. The molecule has 0 aliphatic carbocycles. The molecule has 1 N–H and O–H groups in total. The van der Waals surface area contributed by atoms with Gasteiger partial charge in [-0.15, -0.1) is 0 Å². The lowest BCUT2D eigenvalue weighted by molar-refractivity contribution is 0.0624. The summed E-state index contributed by atoms with van der Waals surface area (Å²) in [5.41, 5.74) is 0.961. The fourth-order valence-electron chi connectivity index (χ4n) is 2.03. The third-order valence-corrected chi connectivity index (χ3v) is 2.99. The zero-order chi connectivity index (χ0) is 12.4. The van der Waals surface area contributed by atoms with Crippen molar-refractivity contribution in [3.63, 3.8) is 0 Å². The van der Waals surface area contributed by atoms with E-state index in [-0.39, 0.29) is 24.3 Å². The highest BCUT2D eigenvalue weighted by molar-refractivity contribution is 6.21. The monoisotopic (exact) mass is 233 g/mol. The number of amides is 2. The smallest absolute Gasteiger partial charge is 0.261 e. The standard InChI is InChI=1S/C13H15NO3/c1-9(6-7-15)8-14-12(16)10-4-2-3-5-11(10)13(14)17/h2-5,9,15H,6-8H2,1H3. The van der Waals surface area contributed by atoms with Gasteiger partial charge in [0, 0.05) is 13.2 Å². The Morgan fingerprint density at radius 1 is 1.18 bits per heavy atom. The van der Waals surface area contributed by atoms with Crippen molar-refractivity contribution in [2.75, 3.05) is 13.2 Å². The summed E-state index contributed by atoms with van der Waals surface area (Å²) < 4.78 is 0. The first-order chi connectivity index (χ1) is 8.15. The maximum Gasteiger partial charge on any atom is 0.261 e. The summed E-state index contributed by atoms with van der Waals surface area (Å²) in [5.74, 6) is -0.340. The van der Waals surface area contributed by atoms with Crippen molar-refractivity contribution in [2.45, 2.75) is 13.3 Å². The molecule has 1 aliphatic rings. The predicted molar refractivity (Wildman–Crippen MR) is 62.7 cm³/mol. The molecule has 0 bridgehead atoms. The molecule has 17 heavy (non-hydrogen) atoms. The minimum Gasteiger partial charge on any atom is -0.396 e. The van der Waals surface area contributed by atoms with Crippen LogP contribution < -0.4 is 0 Å². The summed E-state index contributed by atoms with van der Waals surface area (Å²) in [6.07, 6.45) is 0.591. The number of aliphatic hydroxyl groups is 1. The molecule has 0 saturated carbocycles. The van der Waals surface area contributed by atoms with Crippen molar-refractivity contribution in [3.05, 3.63) is 35.4 Å². The number of hydrogen-bond acceptors (Lipinski definition) is 3. The number of imide groups is 1. The summed E-state index contributed by atoms with van der Waals surface area (Å²) >= 11 is 0. The first-order valence-electron chi connectivity index (χ1n) is 5.71. The lowest BCUT2D eigenvalue weighted by atomic mass is 10.1. The lowest BCUT2D eigenvalue weighted by Gasteiger charge is -2.18. The Kier molecular flexibility index (Phi) is 3.24. The van der Waals surface area contributed by atoms with Gasteiger partial charge in [-0.2, -0.15) is 0 Å². The second-order valence-electron chi connectivity index (χ2n) is 4.38. The van der Waals surface area contributed by atoms with Gasteiger partial charge in [0.2, 0.25) is 0 Å². The maximum absolute atomic E-state index is 12.0. The average Bonchev–Trinajstić information content (AvgIpc) is 2.56. The highest BCUT2D eigenvalue weighted by Gasteiger charge is 2.35. The molecule has 0 saturated heterocycles. The third kappa shape index (κ3) is 2.08. The van der Waals surface area contributed by atoms with Crippen LogP contribution in [0.4, 0.5) is 0 Å². The Bertz CT molecular complexity index is 421. The van der Waals surface area contributed by atoms with E-state index in [4.69, 9.17) is 5.11 Å². The Morgan fingerprint density at radius 3 is 2.18 bits per heavy atom. The van der Waals surface area contributed by atoms with E-state index in [0.717, 1.165) is 0 Å². The third-order valence-electron chi connectivity index (χ3n) is 2.99. The van der Waals surface area contributed by atoms with E-state index < -0.39 is 0 Å². The number of rotatable bonds is 4. The Balaban J connectivity index is 2.19. The van der Waals surface area contributed by atoms with E-state index in [1.54, 1.807) is 24.3 Å². The largest absolute Gasteiger partial charge is 0.396 e. The van der Waals surface area contributed by atoms with Crippen LogP contribution in [0.15, 0.2) is 24.3 Å². The molecule has 1 heterocycles. The summed E-state index contributed by atoms with van der Waals surface area (Å²) in [7, 11) is 0. The summed E-state index contributed by atoms with van der Waals surface area (Å²) in [6, 6.07) is 6.86. The average molecular weight is 233 g/mol. The highest BCUT2D eigenvalue weighted by Crippen LogP contribution is 2.23. The number of hydrogen-bond donors (Lipinski definition) is 1. The van der Waals surface area contributed by atoms with Crippen LogP contribution in [0.1, 0.15) is 34.1 Å². The molecule has 4 nitrogen and oxygen atoms in total. The molecule has 0 fully saturated rings. The van der Waals surface area contributed by atoms with E-state index in [9.17, 15) is 9.59 Å². The molecule has 0 radical (unpaired) electrons. The first-order valence-corrected chi connectivity index (χ1v) is 5.71. The Morgan fingerprint density at radius 2 is 1.71 bits per heavy atom. The molecule has 1 aliphatic heterocycles. The van der Waals surface area contributed by atoms with Crippen LogP contribution in [0.5, 0.6) is 0 Å². The van der Waals surface area contributed by atoms with Gasteiger partial charge in [0.15, 0.2) is 0 Å². The quantitative estimate of drug-likeness (QED) is 0.797. The summed E-state index contributed by atoms with van der Waals surface area (Å²) in [6.45, 7) is 2.36. The summed E-state index contributed by atoms with van der Waals surface area (Å²) in [5, 5.41) is 8.83. The van der Waals surface area contributed by atoms with Crippen LogP contribution in [0.25, 0.3) is 0 Å². The molecule has 90 valence electrons. The van der Waals surface area contributed by atoms with Gasteiger partial charge in [0.25, 0.3) is 11.8 Å². The first kappa shape index (κ1) is 11.8. The van der Waals surface area contributed by atoms with Gasteiger partial charge in [0.05, 0.1) is 11.1 Å². The molecule has 1 aromatic carbocycles. The minimum atomic E-state index is -0.226. The van der Waals surface area contributed by atoms with Crippen LogP contribution >= 0.6 is 0 Å². The van der Waals surface area contributed by atoms with Gasteiger partial charge in [-0.05, 0) is 24.5 Å². The van der Waals surface area contributed by atoms with Gasteiger partial charge in [-0.1, -0.05) is 19.1 Å². The Hall–Kier alpha value is -1.68. The predicted octanol–water partition coefficient (Wildman–Crippen LogP) is 1.30. The van der Waals surface area contributed by atoms with Crippen LogP contribution in [0.2, 0.25) is 0 Å². The molecule has 1 atom stereocenters. The van der Waals surface area contributed by atoms with Crippen LogP contribution in [-0.2, 0) is 0 Å². The van der Waals surface area contributed by atoms with E-state index in [1.807, 2.05) is 6.92 Å². The SMILES string of the molecule is CC(CCO)CN1C(=O)c2ccccc2C1=O. The molecule has 0 spiro atoms. The molecular formula is C13H15NO3. The molecular weight excluding hydrogens is 218 g/mol. The number of benzene rings is 1. The van der Waals surface area contributed by atoms with Crippen molar-refractivity contribution >= 4 is 11.8 Å². The van der Waals surface area contributed by atoms with Gasteiger partial charge in [-0.3, -0.25) is 14.5 Å². The number of carbonyl (C=O) groups is 2. The van der Waals surface area contributed by atoms with Crippen LogP contribution in [-0.4, -0.2) is 35.0 Å². The van der Waals surface area contributed by atoms with Crippen molar-refractivity contribution in [1.29, 1.82) is 0 Å². The normalized spacial score (nSPS) is 16.2. The van der Waals surface area contributed by atoms with E-state index in [0.29, 0.717) is 24.1 Å². The van der Waals surface area contributed by atoms with Crippen LogP contribution in [0.3, 0.4) is 0 Å². The lowest BCUT2D eigenvalue weighted by Crippen LogP contribution is -2.34. The second kappa shape index (κ2) is 4.67. The molecule has 0 aromatic heterocycles. The molecule has 2 amide bonds. The number of aliphatic hydroxyl groups excluding tert-OH is 1. The topological polar surface area (TPSA) is 57.6 Å². The Labute approximate surface area is 99.9 Å². The van der Waals surface area contributed by atoms with Crippen molar-refractivity contribution < 1.29 is 14.7 Å². The molecule has 1 aromatic rings. The number of fused-ring (bicyclic) bond motifs is 1. The van der Waals surface area contributed by atoms with Gasteiger partial charge >= 0.3 is 0 Å². The molecule has 2 rings (SSSR count). The zero-order valence-corrected chi connectivity index (χ0v) is 9.72. The van der Waals surface area contributed by atoms with Gasteiger partial charge in [-0.25, -0.2) is 0 Å². The van der Waals surface area contributed by atoms with Gasteiger partial charge in [0.1, 0.15) is 0 Å². The van der Waals surface area contributed by atoms with E-state index >= 15 is 0 Å².